The van der Waals surface area contributed by atoms with E-state index < -0.39 is 18.2 Å². The molecule has 0 saturated carbocycles. The van der Waals surface area contributed by atoms with Gasteiger partial charge in [0.15, 0.2) is 6.10 Å². The summed E-state index contributed by atoms with van der Waals surface area (Å²) in [5.41, 5.74) is 0.807. The highest BCUT2D eigenvalue weighted by Gasteiger charge is 2.39. The Bertz CT molecular complexity index is 902. The van der Waals surface area contributed by atoms with E-state index in [2.05, 4.69) is 0 Å². The molecule has 1 atom stereocenters. The molecule has 2 aromatic rings. The molecule has 3 rings (SSSR count). The molecule has 142 valence electrons. The number of alkyl halides is 3. The van der Waals surface area contributed by atoms with Crippen LogP contribution in [0.3, 0.4) is 0 Å². The Balaban J connectivity index is 1.96. The summed E-state index contributed by atoms with van der Waals surface area (Å²) in [5.74, 6) is -2.16. The minimum absolute atomic E-state index is 0.105. The van der Waals surface area contributed by atoms with Crippen molar-refractivity contribution in [3.05, 3.63) is 53.1 Å². The average Bonchev–Trinajstić information content (AvgIpc) is 2.60. The third-order valence-corrected chi connectivity index (χ3v) is 4.34. The number of nitrogens with one attached hydrogen (secondary N) is 1. The van der Waals surface area contributed by atoms with E-state index in [1.54, 1.807) is 36.5 Å². The Morgan fingerprint density at radius 1 is 1.26 bits per heavy atom. The molecule has 0 radical (unpaired) electrons. The Morgan fingerprint density at radius 3 is 2.63 bits per heavy atom. The van der Waals surface area contributed by atoms with Crippen molar-refractivity contribution in [3.8, 4) is 5.75 Å². The van der Waals surface area contributed by atoms with Gasteiger partial charge in [0.05, 0.1) is 12.2 Å². The molecular weight excluding hydrogens is 385 g/mol. The highest BCUT2D eigenvalue weighted by molar-refractivity contribution is 6.31. The van der Waals surface area contributed by atoms with E-state index >= 15 is 0 Å². The van der Waals surface area contributed by atoms with Crippen molar-refractivity contribution >= 4 is 34.8 Å². The summed E-state index contributed by atoms with van der Waals surface area (Å²) in [5, 5.41) is 2.22. The maximum absolute atomic E-state index is 12.6. The monoisotopic (exact) mass is 398 g/mol. The molecule has 1 unspecified atom stereocenters. The average molecular weight is 399 g/mol. The SMILES string of the molecule is CC1Oc2ccc(NC(=O)C(F)(F)F)cc2N(Cc2ccccc2Cl)C1=O. The Morgan fingerprint density at radius 2 is 1.96 bits per heavy atom. The molecule has 0 spiro atoms. The van der Waals surface area contributed by atoms with Gasteiger partial charge in [-0.1, -0.05) is 29.8 Å². The molecule has 0 saturated heterocycles. The predicted molar refractivity (Wildman–Crippen MR) is 93.9 cm³/mol. The Labute approximate surface area is 157 Å². The Kier molecular flexibility index (Phi) is 5.01. The molecule has 5 nitrogen and oxygen atoms in total. The molecule has 27 heavy (non-hydrogen) atoms. The molecule has 1 heterocycles. The molecule has 2 amide bonds. The maximum atomic E-state index is 12.6. The molecule has 1 aliphatic heterocycles. The van der Waals surface area contributed by atoms with Crippen molar-refractivity contribution in [1.29, 1.82) is 0 Å². The third kappa shape index (κ3) is 4.00. The van der Waals surface area contributed by atoms with Gasteiger partial charge in [0.2, 0.25) is 0 Å². The first-order valence-electron chi connectivity index (χ1n) is 7.90. The summed E-state index contributed by atoms with van der Waals surface area (Å²) in [4.78, 5) is 25.1. The van der Waals surface area contributed by atoms with E-state index in [1.165, 1.54) is 23.1 Å². The van der Waals surface area contributed by atoms with Gasteiger partial charge >= 0.3 is 12.1 Å². The van der Waals surface area contributed by atoms with Crippen LogP contribution in [0.15, 0.2) is 42.5 Å². The molecule has 0 bridgehead atoms. The van der Waals surface area contributed by atoms with Crippen molar-refractivity contribution < 1.29 is 27.5 Å². The van der Waals surface area contributed by atoms with Gasteiger partial charge in [0, 0.05) is 10.7 Å². The number of halogens is 4. The number of rotatable bonds is 3. The van der Waals surface area contributed by atoms with Crippen LogP contribution in [0.2, 0.25) is 5.02 Å². The van der Waals surface area contributed by atoms with Gasteiger partial charge in [0.1, 0.15) is 5.75 Å². The summed E-state index contributed by atoms with van der Waals surface area (Å²) in [7, 11) is 0. The topological polar surface area (TPSA) is 58.6 Å². The van der Waals surface area contributed by atoms with E-state index in [0.717, 1.165) is 0 Å². The maximum Gasteiger partial charge on any atom is 0.471 e. The number of amides is 2. The second-order valence-electron chi connectivity index (χ2n) is 5.91. The molecule has 0 aliphatic carbocycles. The van der Waals surface area contributed by atoms with E-state index in [-0.39, 0.29) is 23.8 Å². The van der Waals surface area contributed by atoms with Crippen molar-refractivity contribution in [2.24, 2.45) is 0 Å². The minimum atomic E-state index is -5.02. The van der Waals surface area contributed by atoms with Gasteiger partial charge < -0.3 is 15.0 Å². The van der Waals surface area contributed by atoms with Crippen LogP contribution in [0, 0.1) is 0 Å². The molecule has 1 N–H and O–H groups in total. The molecule has 9 heteroatoms. The van der Waals surface area contributed by atoms with Crippen LogP contribution in [0.1, 0.15) is 12.5 Å². The number of nitrogens with zero attached hydrogens (tertiary/aromatic N) is 1. The van der Waals surface area contributed by atoms with Gasteiger partial charge in [-0.2, -0.15) is 13.2 Å². The van der Waals surface area contributed by atoms with E-state index in [0.29, 0.717) is 16.3 Å². The van der Waals surface area contributed by atoms with Crippen LogP contribution in [0.25, 0.3) is 0 Å². The lowest BCUT2D eigenvalue weighted by molar-refractivity contribution is -0.167. The van der Waals surface area contributed by atoms with Crippen molar-refractivity contribution in [2.75, 3.05) is 10.2 Å². The first-order valence-corrected chi connectivity index (χ1v) is 8.28. The second-order valence-corrected chi connectivity index (χ2v) is 6.32. The first-order chi connectivity index (χ1) is 12.7. The van der Waals surface area contributed by atoms with Gasteiger partial charge in [-0.15, -0.1) is 0 Å². The van der Waals surface area contributed by atoms with Crippen LogP contribution in [0.5, 0.6) is 5.75 Å². The normalized spacial score (nSPS) is 16.6. The second kappa shape index (κ2) is 7.11. The third-order valence-electron chi connectivity index (χ3n) is 3.97. The van der Waals surface area contributed by atoms with Gasteiger partial charge in [-0.3, -0.25) is 9.59 Å². The smallest absolute Gasteiger partial charge is 0.471 e. The van der Waals surface area contributed by atoms with Crippen molar-refractivity contribution in [1.82, 2.24) is 0 Å². The van der Waals surface area contributed by atoms with E-state index in [4.69, 9.17) is 16.3 Å². The lowest BCUT2D eigenvalue weighted by Gasteiger charge is -2.33. The fourth-order valence-electron chi connectivity index (χ4n) is 2.65. The highest BCUT2D eigenvalue weighted by atomic mass is 35.5. The zero-order valence-corrected chi connectivity index (χ0v) is 14.8. The number of fused-ring (bicyclic) bond motifs is 1. The van der Waals surface area contributed by atoms with Gasteiger partial charge in [-0.05, 0) is 36.8 Å². The number of ether oxygens (including phenoxy) is 1. The number of benzene rings is 2. The summed E-state index contributed by atoms with van der Waals surface area (Å²) in [6, 6.07) is 10.9. The number of hydrogen-bond donors (Lipinski definition) is 1. The summed E-state index contributed by atoms with van der Waals surface area (Å²) < 4.78 is 43.0. The molecule has 2 aromatic carbocycles. The number of carbonyl (C=O) groups excluding carboxylic acids is 2. The lowest BCUT2D eigenvalue weighted by atomic mass is 10.1. The predicted octanol–water partition coefficient (Wildman–Crippen LogP) is 4.15. The summed E-state index contributed by atoms with van der Waals surface area (Å²) in [6.45, 7) is 1.68. The van der Waals surface area contributed by atoms with Gasteiger partial charge in [-0.25, -0.2) is 0 Å². The van der Waals surface area contributed by atoms with E-state index in [1.807, 2.05) is 0 Å². The quantitative estimate of drug-likeness (QED) is 0.844. The van der Waals surface area contributed by atoms with E-state index in [9.17, 15) is 22.8 Å². The Hall–Kier alpha value is -2.74. The largest absolute Gasteiger partial charge is 0.479 e. The van der Waals surface area contributed by atoms with Crippen LogP contribution < -0.4 is 15.0 Å². The zero-order chi connectivity index (χ0) is 19.8. The number of carbonyl (C=O) groups is 2. The molecule has 0 fully saturated rings. The number of hydrogen-bond acceptors (Lipinski definition) is 3. The number of anilines is 2. The standard InChI is InChI=1S/C18H14ClF3N2O3/c1-10-16(25)24(9-11-4-2-3-5-13(11)19)14-8-12(6-7-15(14)27-10)23-17(26)18(20,21)22/h2-8,10H,9H2,1H3,(H,23,26). The lowest BCUT2D eigenvalue weighted by Crippen LogP contribution is -2.44. The fraction of sp³-hybridized carbons (Fsp3) is 0.222. The van der Waals surface area contributed by atoms with Crippen LogP contribution >= 0.6 is 11.6 Å². The van der Waals surface area contributed by atoms with Crippen molar-refractivity contribution in [3.63, 3.8) is 0 Å². The molecule has 1 aliphatic rings. The molecular formula is C18H14ClF3N2O3. The fourth-order valence-corrected chi connectivity index (χ4v) is 2.84. The highest BCUT2D eigenvalue weighted by Crippen LogP contribution is 2.38. The van der Waals surface area contributed by atoms with Crippen LogP contribution in [-0.2, 0) is 16.1 Å². The van der Waals surface area contributed by atoms with Crippen LogP contribution in [0.4, 0.5) is 24.5 Å². The van der Waals surface area contributed by atoms with Crippen molar-refractivity contribution in [2.45, 2.75) is 25.7 Å². The summed E-state index contributed by atoms with van der Waals surface area (Å²) >= 11 is 6.15. The molecule has 0 aromatic heterocycles. The summed E-state index contributed by atoms with van der Waals surface area (Å²) in [6.07, 6.45) is -5.79. The van der Waals surface area contributed by atoms with Crippen LogP contribution in [-0.4, -0.2) is 24.1 Å². The minimum Gasteiger partial charge on any atom is -0.479 e. The zero-order valence-electron chi connectivity index (χ0n) is 14.0. The first kappa shape index (κ1) is 19.0. The van der Waals surface area contributed by atoms with Gasteiger partial charge in [0.25, 0.3) is 5.91 Å².